The number of H-pyrrole nitrogens is 1. The van der Waals surface area contributed by atoms with Gasteiger partial charge in [-0.3, -0.25) is 0 Å². The molecule has 0 saturated carbocycles. The van der Waals surface area contributed by atoms with Gasteiger partial charge in [-0.2, -0.15) is 0 Å². The molecule has 0 aliphatic carbocycles. The van der Waals surface area contributed by atoms with Crippen LogP contribution in [-0.2, 0) is 0 Å². The van der Waals surface area contributed by atoms with Gasteiger partial charge in [-0.1, -0.05) is 29.7 Å². The van der Waals surface area contributed by atoms with E-state index in [-0.39, 0.29) is 0 Å². The minimum atomic E-state index is 1.08. The van der Waals surface area contributed by atoms with Gasteiger partial charge in [0, 0.05) is 21.5 Å². The third-order valence-corrected chi connectivity index (χ3v) is 3.68. The molecule has 0 fully saturated rings. The first-order chi connectivity index (χ1) is 7.93. The Morgan fingerprint density at radius 3 is 2.88 bits per heavy atom. The number of hydrogen-bond acceptors (Lipinski definition) is 2. The lowest BCUT2D eigenvalue weighted by Crippen LogP contribution is -1.70. The van der Waals surface area contributed by atoms with Gasteiger partial charge in [0.05, 0.1) is 16.6 Å². The molecule has 0 bridgehead atoms. The predicted molar refractivity (Wildman–Crippen MR) is 69.0 cm³/mol. The fourth-order valence-corrected chi connectivity index (χ4v) is 2.95. The maximum Gasteiger partial charge on any atom is 0.0818 e. The van der Waals surface area contributed by atoms with E-state index in [4.69, 9.17) is 4.98 Å². The molecule has 0 aliphatic heterocycles. The van der Waals surface area contributed by atoms with Gasteiger partial charge >= 0.3 is 0 Å². The van der Waals surface area contributed by atoms with Crippen LogP contribution in [0.5, 0.6) is 0 Å². The van der Waals surface area contributed by atoms with Crippen LogP contribution in [-0.4, -0.2) is 9.36 Å². The monoisotopic (exact) mass is 224 g/mol. The zero-order valence-electron chi connectivity index (χ0n) is 8.40. The van der Waals surface area contributed by atoms with Crippen LogP contribution in [0.15, 0.2) is 41.8 Å². The smallest absolute Gasteiger partial charge is 0.0818 e. The number of fused-ring (bicyclic) bond motifs is 5. The van der Waals surface area contributed by atoms with E-state index < -0.39 is 0 Å². The van der Waals surface area contributed by atoms with Crippen LogP contribution in [0.1, 0.15) is 0 Å². The molecule has 3 heteroatoms. The summed E-state index contributed by atoms with van der Waals surface area (Å²) in [5, 5.41) is 5.84. The van der Waals surface area contributed by atoms with Gasteiger partial charge in [0.25, 0.3) is 0 Å². The average Bonchev–Trinajstić information content (AvgIpc) is 2.92. The molecule has 0 saturated heterocycles. The Morgan fingerprint density at radius 2 is 1.88 bits per heavy atom. The standard InChI is InChI=1S/C13H8N2S/c1-2-4-11-8(3-1)9-5-6-12-10(7-16-15-12)13(9)14-11/h1-7,15H. The van der Waals surface area contributed by atoms with Crippen molar-refractivity contribution < 1.29 is 0 Å². The number of nitrogens with zero attached hydrogens (tertiary/aromatic N) is 1. The molecule has 2 aromatic heterocycles. The first-order valence-electron chi connectivity index (χ1n) is 5.16. The Bertz CT molecular complexity index is 810. The van der Waals surface area contributed by atoms with Crippen LogP contribution >= 0.6 is 11.5 Å². The Morgan fingerprint density at radius 1 is 0.938 bits per heavy atom. The average molecular weight is 224 g/mol. The lowest BCUT2D eigenvalue weighted by atomic mass is 10.1. The van der Waals surface area contributed by atoms with E-state index in [1.807, 2.05) is 6.07 Å². The highest BCUT2D eigenvalue weighted by molar-refractivity contribution is 7.05. The summed E-state index contributed by atoms with van der Waals surface area (Å²) in [6.07, 6.45) is 0. The third kappa shape index (κ3) is 0.933. The van der Waals surface area contributed by atoms with Crippen LogP contribution in [0.3, 0.4) is 0 Å². The Kier molecular flexibility index (Phi) is 1.47. The zero-order valence-corrected chi connectivity index (χ0v) is 9.21. The van der Waals surface area contributed by atoms with Crippen molar-refractivity contribution in [2.75, 3.05) is 0 Å². The fraction of sp³-hybridized carbons (Fsp3) is 0. The molecule has 76 valence electrons. The Hall–Kier alpha value is -1.87. The summed E-state index contributed by atoms with van der Waals surface area (Å²) in [5.74, 6) is 0. The number of para-hydroxylation sites is 1. The molecule has 2 nitrogen and oxygen atoms in total. The van der Waals surface area contributed by atoms with Crippen molar-refractivity contribution in [2.24, 2.45) is 0 Å². The van der Waals surface area contributed by atoms with Gasteiger partial charge in [-0.15, -0.1) is 0 Å². The van der Waals surface area contributed by atoms with Crippen molar-refractivity contribution in [3.05, 3.63) is 41.8 Å². The van der Waals surface area contributed by atoms with E-state index in [0.717, 1.165) is 11.0 Å². The first kappa shape index (κ1) is 8.30. The molecule has 0 radical (unpaired) electrons. The van der Waals surface area contributed by atoms with Gasteiger partial charge in [0.2, 0.25) is 0 Å². The number of benzene rings is 2. The number of aromatic amines is 1. The van der Waals surface area contributed by atoms with Crippen LogP contribution in [0.2, 0.25) is 0 Å². The Balaban J connectivity index is 2.38. The molecule has 2 heterocycles. The van der Waals surface area contributed by atoms with Gasteiger partial charge in [-0.05, 0) is 18.2 Å². The lowest BCUT2D eigenvalue weighted by Gasteiger charge is -1.91. The summed E-state index contributed by atoms with van der Waals surface area (Å²) in [4.78, 5) is 4.70. The van der Waals surface area contributed by atoms with Crippen molar-refractivity contribution in [3.63, 3.8) is 0 Å². The summed E-state index contributed by atoms with van der Waals surface area (Å²) in [5.41, 5.74) is 3.35. The summed E-state index contributed by atoms with van der Waals surface area (Å²) >= 11 is 1.61. The van der Waals surface area contributed by atoms with Gasteiger partial charge in [-0.25, -0.2) is 4.98 Å². The van der Waals surface area contributed by atoms with E-state index >= 15 is 0 Å². The predicted octanol–water partition coefficient (Wildman–Crippen LogP) is 3.93. The van der Waals surface area contributed by atoms with Crippen LogP contribution < -0.4 is 0 Å². The fourth-order valence-electron chi connectivity index (χ4n) is 2.23. The highest BCUT2D eigenvalue weighted by Gasteiger charge is 2.08. The SMILES string of the molecule is c1ccc2c(c1)nc1c3cs[nH]c3ccc21. The summed E-state index contributed by atoms with van der Waals surface area (Å²) in [7, 11) is 0. The van der Waals surface area contributed by atoms with Crippen LogP contribution in [0.4, 0.5) is 0 Å². The topological polar surface area (TPSA) is 28.7 Å². The molecule has 16 heavy (non-hydrogen) atoms. The van der Waals surface area contributed by atoms with Gasteiger partial charge in [0.15, 0.2) is 0 Å². The van der Waals surface area contributed by atoms with Crippen molar-refractivity contribution in [3.8, 4) is 0 Å². The minimum Gasteiger partial charge on any atom is -0.311 e. The number of rotatable bonds is 0. The maximum absolute atomic E-state index is 4.70. The second-order valence-electron chi connectivity index (χ2n) is 3.89. The molecule has 2 aromatic carbocycles. The molecule has 4 aromatic rings. The largest absolute Gasteiger partial charge is 0.311 e. The second-order valence-corrected chi connectivity index (χ2v) is 4.57. The van der Waals surface area contributed by atoms with E-state index in [0.29, 0.717) is 0 Å². The zero-order chi connectivity index (χ0) is 10.5. The molecule has 0 amide bonds. The summed E-state index contributed by atoms with van der Waals surface area (Å²) < 4.78 is 3.26. The highest BCUT2D eigenvalue weighted by atomic mass is 32.1. The normalized spacial score (nSPS) is 11.8. The molecule has 0 aliphatic rings. The minimum absolute atomic E-state index is 1.08. The van der Waals surface area contributed by atoms with Crippen molar-refractivity contribution >= 4 is 44.2 Å². The van der Waals surface area contributed by atoms with E-state index in [2.05, 4.69) is 40.1 Å². The van der Waals surface area contributed by atoms with Crippen molar-refractivity contribution in [1.82, 2.24) is 9.36 Å². The van der Waals surface area contributed by atoms with Crippen LogP contribution in [0, 0.1) is 0 Å². The Labute approximate surface area is 95.7 Å². The number of hydrogen-bond donors (Lipinski definition) is 1. The summed E-state index contributed by atoms with van der Waals surface area (Å²) in [6, 6.07) is 12.6. The molecular weight excluding hydrogens is 216 g/mol. The quantitative estimate of drug-likeness (QED) is 0.481. The molecule has 4 rings (SSSR count). The molecule has 0 spiro atoms. The van der Waals surface area contributed by atoms with E-state index in [9.17, 15) is 0 Å². The molecular formula is C13H8N2S. The third-order valence-electron chi connectivity index (χ3n) is 2.99. The molecule has 0 atom stereocenters. The van der Waals surface area contributed by atoms with Crippen molar-refractivity contribution in [2.45, 2.75) is 0 Å². The molecule has 1 N–H and O–H groups in total. The van der Waals surface area contributed by atoms with E-state index in [1.165, 1.54) is 21.7 Å². The summed E-state index contributed by atoms with van der Waals surface area (Å²) in [6.45, 7) is 0. The van der Waals surface area contributed by atoms with Gasteiger partial charge < -0.3 is 4.37 Å². The number of aromatic nitrogens is 2. The van der Waals surface area contributed by atoms with Gasteiger partial charge in [0.1, 0.15) is 0 Å². The maximum atomic E-state index is 4.70. The highest BCUT2D eigenvalue weighted by Crippen LogP contribution is 2.31. The van der Waals surface area contributed by atoms with Crippen LogP contribution in [0.25, 0.3) is 32.7 Å². The van der Waals surface area contributed by atoms with Crippen molar-refractivity contribution in [1.29, 1.82) is 0 Å². The van der Waals surface area contributed by atoms with E-state index in [1.54, 1.807) is 11.5 Å². The number of nitrogens with one attached hydrogen (secondary N) is 1. The first-order valence-corrected chi connectivity index (χ1v) is 6.04. The second kappa shape index (κ2) is 2.83. The lowest BCUT2D eigenvalue weighted by molar-refractivity contribution is 1.56. The molecule has 0 unspecified atom stereocenters.